The van der Waals surface area contributed by atoms with E-state index in [1.165, 1.54) is 10.9 Å². The zero-order valence-corrected chi connectivity index (χ0v) is 14.3. The molecular weight excluding hydrogens is 348 g/mol. The maximum atomic E-state index is 13.1. The monoisotopic (exact) mass is 364 g/mol. The van der Waals surface area contributed by atoms with E-state index in [-0.39, 0.29) is 18.6 Å². The lowest BCUT2D eigenvalue weighted by Crippen LogP contribution is -2.25. The van der Waals surface area contributed by atoms with Crippen LogP contribution < -0.4 is 11.3 Å². The van der Waals surface area contributed by atoms with Crippen LogP contribution in [0.1, 0.15) is 30.5 Å². The fraction of sp³-hybridized carbons (Fsp3) is 0.278. The Kier molecular flexibility index (Phi) is 3.36. The van der Waals surface area contributed by atoms with Crippen LogP contribution in [0.5, 0.6) is 0 Å². The fourth-order valence-corrected chi connectivity index (χ4v) is 3.37. The van der Waals surface area contributed by atoms with Gasteiger partial charge in [-0.1, -0.05) is 23.4 Å². The second-order valence-corrected chi connectivity index (χ2v) is 6.77. The minimum atomic E-state index is -0.529. The number of primary amides is 1. The maximum absolute atomic E-state index is 13.1. The predicted molar refractivity (Wildman–Crippen MR) is 96.1 cm³/mol. The summed E-state index contributed by atoms with van der Waals surface area (Å²) in [5.41, 5.74) is 6.71. The van der Waals surface area contributed by atoms with E-state index in [0.29, 0.717) is 28.7 Å². The van der Waals surface area contributed by atoms with Gasteiger partial charge in [0.05, 0.1) is 11.8 Å². The quantitative estimate of drug-likeness (QED) is 0.567. The van der Waals surface area contributed by atoms with Crippen molar-refractivity contribution in [2.24, 2.45) is 5.73 Å². The Hall–Kier alpha value is -3.49. The molecule has 1 aliphatic carbocycles. The number of hydrogen-bond acceptors (Lipinski definition) is 6. The molecule has 9 heteroatoms. The lowest BCUT2D eigenvalue weighted by molar-refractivity contribution is -0.118. The van der Waals surface area contributed by atoms with E-state index < -0.39 is 5.91 Å². The van der Waals surface area contributed by atoms with Gasteiger partial charge in [0.1, 0.15) is 24.1 Å². The SMILES string of the molecule is NC(=O)Cn1c2ccccc2c2ncn(Cc3nc(C4CC4)no3)c(=O)c21. The average molecular weight is 364 g/mol. The van der Waals surface area contributed by atoms with Crippen molar-refractivity contribution in [2.75, 3.05) is 0 Å². The third kappa shape index (κ3) is 2.59. The molecule has 0 unspecified atom stereocenters. The Morgan fingerprint density at radius 2 is 2.11 bits per heavy atom. The molecule has 4 aromatic rings. The van der Waals surface area contributed by atoms with Crippen molar-refractivity contribution in [3.05, 3.63) is 52.7 Å². The lowest BCUT2D eigenvalue weighted by atomic mass is 10.2. The van der Waals surface area contributed by atoms with Crippen LogP contribution in [-0.2, 0) is 17.9 Å². The summed E-state index contributed by atoms with van der Waals surface area (Å²) in [6.07, 6.45) is 3.60. The molecular formula is C18H16N6O3. The van der Waals surface area contributed by atoms with Crippen LogP contribution in [0, 0.1) is 0 Å². The maximum Gasteiger partial charge on any atom is 0.278 e. The Morgan fingerprint density at radius 1 is 1.30 bits per heavy atom. The smallest absolute Gasteiger partial charge is 0.278 e. The van der Waals surface area contributed by atoms with Crippen LogP contribution in [0.25, 0.3) is 21.9 Å². The van der Waals surface area contributed by atoms with Gasteiger partial charge < -0.3 is 14.8 Å². The molecule has 0 saturated heterocycles. The Morgan fingerprint density at radius 3 is 2.89 bits per heavy atom. The molecule has 1 aliphatic rings. The molecule has 0 aliphatic heterocycles. The lowest BCUT2D eigenvalue weighted by Gasteiger charge is -2.05. The van der Waals surface area contributed by atoms with Gasteiger partial charge in [0, 0.05) is 11.3 Å². The van der Waals surface area contributed by atoms with Crippen molar-refractivity contribution in [1.82, 2.24) is 24.3 Å². The van der Waals surface area contributed by atoms with E-state index in [1.807, 2.05) is 24.3 Å². The molecule has 3 aromatic heterocycles. The first kappa shape index (κ1) is 15.7. The molecule has 2 N–H and O–H groups in total. The summed E-state index contributed by atoms with van der Waals surface area (Å²) >= 11 is 0. The number of nitrogens with two attached hydrogens (primary N) is 1. The van der Waals surface area contributed by atoms with Gasteiger partial charge in [-0.15, -0.1) is 0 Å². The third-order valence-electron chi connectivity index (χ3n) is 4.78. The van der Waals surface area contributed by atoms with Crippen LogP contribution in [0.4, 0.5) is 0 Å². The first-order chi connectivity index (χ1) is 13.1. The number of carbonyl (C=O) groups excluding carboxylic acids is 1. The van der Waals surface area contributed by atoms with E-state index in [1.54, 1.807) is 4.57 Å². The summed E-state index contributed by atoms with van der Waals surface area (Å²) in [6.45, 7) is 0.0247. The molecule has 3 heterocycles. The molecule has 1 amide bonds. The Bertz CT molecular complexity index is 1250. The highest BCUT2D eigenvalue weighted by Crippen LogP contribution is 2.38. The zero-order chi connectivity index (χ0) is 18.5. The van der Waals surface area contributed by atoms with Crippen molar-refractivity contribution < 1.29 is 9.32 Å². The average Bonchev–Trinajstić information content (AvgIpc) is 3.32. The summed E-state index contributed by atoms with van der Waals surface area (Å²) < 4.78 is 8.28. The van der Waals surface area contributed by atoms with Crippen LogP contribution >= 0.6 is 0 Å². The van der Waals surface area contributed by atoms with Crippen molar-refractivity contribution in [2.45, 2.75) is 31.8 Å². The first-order valence-corrected chi connectivity index (χ1v) is 8.69. The molecule has 0 spiro atoms. The van der Waals surface area contributed by atoms with Gasteiger partial charge in [0.25, 0.3) is 5.56 Å². The van der Waals surface area contributed by atoms with Crippen LogP contribution in [-0.4, -0.2) is 30.2 Å². The van der Waals surface area contributed by atoms with Gasteiger partial charge >= 0.3 is 0 Å². The highest BCUT2D eigenvalue weighted by atomic mass is 16.5. The number of fused-ring (bicyclic) bond motifs is 3. The number of hydrogen-bond donors (Lipinski definition) is 1. The number of aromatic nitrogens is 5. The summed E-state index contributed by atoms with van der Waals surface area (Å²) in [5.74, 6) is 0.893. The van der Waals surface area contributed by atoms with E-state index in [2.05, 4.69) is 15.1 Å². The van der Waals surface area contributed by atoms with Crippen LogP contribution in [0.15, 0.2) is 39.9 Å². The largest absolute Gasteiger partial charge is 0.368 e. The van der Waals surface area contributed by atoms with Gasteiger partial charge in [-0.2, -0.15) is 4.98 Å². The summed E-state index contributed by atoms with van der Waals surface area (Å²) in [7, 11) is 0. The number of carbonyl (C=O) groups is 1. The van der Waals surface area contributed by atoms with Crippen molar-refractivity contribution in [3.63, 3.8) is 0 Å². The van der Waals surface area contributed by atoms with E-state index in [4.69, 9.17) is 10.3 Å². The van der Waals surface area contributed by atoms with Gasteiger partial charge in [0.2, 0.25) is 11.8 Å². The molecule has 0 radical (unpaired) electrons. The molecule has 1 aromatic carbocycles. The molecule has 1 fully saturated rings. The number of rotatable bonds is 5. The van der Waals surface area contributed by atoms with Gasteiger partial charge in [0.15, 0.2) is 5.82 Å². The van der Waals surface area contributed by atoms with Gasteiger partial charge in [-0.05, 0) is 18.9 Å². The van der Waals surface area contributed by atoms with Gasteiger partial charge in [-0.25, -0.2) is 4.98 Å². The number of nitrogens with zero attached hydrogens (tertiary/aromatic N) is 5. The number of amides is 1. The molecule has 0 bridgehead atoms. The normalized spacial score (nSPS) is 14.2. The fourth-order valence-electron chi connectivity index (χ4n) is 3.37. The minimum Gasteiger partial charge on any atom is -0.368 e. The van der Waals surface area contributed by atoms with Crippen molar-refractivity contribution in [3.8, 4) is 0 Å². The summed E-state index contributed by atoms with van der Waals surface area (Å²) in [5, 5.41) is 4.77. The minimum absolute atomic E-state index is 0.0999. The van der Waals surface area contributed by atoms with Crippen LogP contribution in [0.3, 0.4) is 0 Å². The molecule has 0 atom stereocenters. The first-order valence-electron chi connectivity index (χ1n) is 8.69. The predicted octanol–water partition coefficient (Wildman–Crippen LogP) is 1.15. The number of para-hydroxylation sites is 1. The molecule has 1 saturated carbocycles. The van der Waals surface area contributed by atoms with Crippen molar-refractivity contribution in [1.29, 1.82) is 0 Å². The number of benzene rings is 1. The van der Waals surface area contributed by atoms with Crippen LogP contribution in [0.2, 0.25) is 0 Å². The molecule has 27 heavy (non-hydrogen) atoms. The highest BCUT2D eigenvalue weighted by Gasteiger charge is 2.29. The second kappa shape index (κ2) is 5.76. The standard InChI is InChI=1S/C18H16N6O3/c19-13(25)7-24-12-4-2-1-3-11(12)15-16(24)18(26)23(9-20-15)8-14-21-17(22-27-14)10-5-6-10/h1-4,9-10H,5-8H2,(H2,19,25). The Balaban J connectivity index is 1.65. The molecule has 136 valence electrons. The molecule has 9 nitrogen and oxygen atoms in total. The zero-order valence-electron chi connectivity index (χ0n) is 14.3. The summed E-state index contributed by atoms with van der Waals surface area (Å²) in [6, 6.07) is 7.41. The molecule has 5 rings (SSSR count). The van der Waals surface area contributed by atoms with E-state index in [9.17, 15) is 9.59 Å². The summed E-state index contributed by atoms with van der Waals surface area (Å²) in [4.78, 5) is 33.5. The van der Waals surface area contributed by atoms with Gasteiger partial charge in [-0.3, -0.25) is 14.2 Å². The topological polar surface area (TPSA) is 122 Å². The second-order valence-electron chi connectivity index (χ2n) is 6.77. The van der Waals surface area contributed by atoms with E-state index in [0.717, 1.165) is 23.7 Å². The highest BCUT2D eigenvalue weighted by molar-refractivity contribution is 6.05. The van der Waals surface area contributed by atoms with E-state index >= 15 is 0 Å². The van der Waals surface area contributed by atoms with Crippen molar-refractivity contribution >= 4 is 27.8 Å². The third-order valence-corrected chi connectivity index (χ3v) is 4.78. The Labute approximate surface area is 152 Å².